The molecule has 1 fully saturated rings. The Hall–Kier alpha value is -1.10. The Balaban J connectivity index is 2.30. The van der Waals surface area contributed by atoms with Crippen LogP contribution in [0.5, 0.6) is 0 Å². The molecule has 0 spiro atoms. The van der Waals surface area contributed by atoms with E-state index in [1.54, 1.807) is 0 Å². The molecule has 0 saturated heterocycles. The van der Waals surface area contributed by atoms with Gasteiger partial charge >= 0.3 is 5.97 Å². The summed E-state index contributed by atoms with van der Waals surface area (Å²) in [6.07, 6.45) is 5.21. The summed E-state index contributed by atoms with van der Waals surface area (Å²) in [6.45, 7) is 2.18. The van der Waals surface area contributed by atoms with Gasteiger partial charge in [-0.15, -0.1) is 0 Å². The molecule has 5 heteroatoms. The predicted octanol–water partition coefficient (Wildman–Crippen LogP) is 1.27. The zero-order valence-electron chi connectivity index (χ0n) is 11.1. The van der Waals surface area contributed by atoms with Crippen LogP contribution in [-0.2, 0) is 9.59 Å². The van der Waals surface area contributed by atoms with Crippen molar-refractivity contribution in [3.63, 3.8) is 0 Å². The predicted molar refractivity (Wildman–Crippen MR) is 69.0 cm³/mol. The summed E-state index contributed by atoms with van der Waals surface area (Å²) in [7, 11) is 0. The fourth-order valence-electron chi connectivity index (χ4n) is 2.46. The summed E-state index contributed by atoms with van der Waals surface area (Å²) >= 11 is 0. The number of carboxylic acids is 1. The zero-order valence-corrected chi connectivity index (χ0v) is 11.1. The molecule has 1 aliphatic carbocycles. The van der Waals surface area contributed by atoms with E-state index in [1.165, 1.54) is 0 Å². The van der Waals surface area contributed by atoms with Crippen molar-refractivity contribution in [1.29, 1.82) is 0 Å². The Morgan fingerprint density at radius 1 is 1.39 bits per heavy atom. The van der Waals surface area contributed by atoms with Crippen molar-refractivity contribution >= 4 is 11.9 Å². The summed E-state index contributed by atoms with van der Waals surface area (Å²) in [5.74, 6) is -0.848. The highest BCUT2D eigenvalue weighted by Gasteiger charge is 2.41. The minimum atomic E-state index is -0.782. The van der Waals surface area contributed by atoms with Crippen LogP contribution >= 0.6 is 0 Å². The molecule has 0 aromatic rings. The van der Waals surface area contributed by atoms with Gasteiger partial charge in [-0.25, -0.2) is 0 Å². The van der Waals surface area contributed by atoms with E-state index in [0.717, 1.165) is 25.7 Å². The molecule has 1 atom stereocenters. The van der Waals surface area contributed by atoms with Gasteiger partial charge in [-0.3, -0.25) is 9.59 Å². The number of amides is 1. The molecule has 5 nitrogen and oxygen atoms in total. The van der Waals surface area contributed by atoms with E-state index in [-0.39, 0.29) is 18.5 Å². The van der Waals surface area contributed by atoms with Crippen molar-refractivity contribution in [3.8, 4) is 0 Å². The Morgan fingerprint density at radius 3 is 2.50 bits per heavy atom. The number of hydrogen-bond acceptors (Lipinski definition) is 3. The van der Waals surface area contributed by atoms with Crippen molar-refractivity contribution in [2.45, 2.75) is 57.9 Å². The average molecular weight is 256 g/mol. The molecule has 1 amide bonds. The van der Waals surface area contributed by atoms with E-state index in [2.05, 4.69) is 5.32 Å². The third-order valence-electron chi connectivity index (χ3n) is 3.70. The highest BCUT2D eigenvalue weighted by molar-refractivity contribution is 5.79. The number of carbonyl (C=O) groups excluding carboxylic acids is 1. The minimum absolute atomic E-state index is 0.0665. The minimum Gasteiger partial charge on any atom is -0.481 e. The molecule has 0 aromatic carbocycles. The fraction of sp³-hybridized carbons (Fsp3) is 0.846. The second-order valence-electron chi connectivity index (χ2n) is 5.44. The molecule has 0 aliphatic heterocycles. The van der Waals surface area contributed by atoms with Crippen molar-refractivity contribution < 1.29 is 14.7 Å². The van der Waals surface area contributed by atoms with Gasteiger partial charge in [-0.2, -0.15) is 0 Å². The van der Waals surface area contributed by atoms with Crippen LogP contribution in [0.15, 0.2) is 0 Å². The number of hydrogen-bond donors (Lipinski definition) is 3. The van der Waals surface area contributed by atoms with Gasteiger partial charge in [-0.05, 0) is 32.6 Å². The summed E-state index contributed by atoms with van der Waals surface area (Å²) in [4.78, 5) is 22.9. The monoisotopic (exact) mass is 256 g/mol. The summed E-state index contributed by atoms with van der Waals surface area (Å²) in [5.41, 5.74) is 4.88. The second-order valence-corrected chi connectivity index (χ2v) is 5.44. The first-order chi connectivity index (χ1) is 8.46. The first-order valence-electron chi connectivity index (χ1n) is 6.72. The quantitative estimate of drug-likeness (QED) is 0.639. The van der Waals surface area contributed by atoms with Gasteiger partial charge in [0, 0.05) is 19.0 Å². The largest absolute Gasteiger partial charge is 0.481 e. The first-order valence-corrected chi connectivity index (χ1v) is 6.72. The standard InChI is InChI=1S/C13H24N2O3/c1-10(14)5-4-6-11(16)15-9-13(12(17)18)7-2-3-8-13/h10H,2-9,14H2,1H3,(H,15,16)(H,17,18). The summed E-state index contributed by atoms with van der Waals surface area (Å²) in [5, 5.41) is 12.0. The lowest BCUT2D eigenvalue weighted by Gasteiger charge is -2.23. The van der Waals surface area contributed by atoms with Crippen LogP contribution in [0.25, 0.3) is 0 Å². The lowest BCUT2D eigenvalue weighted by atomic mass is 9.86. The SMILES string of the molecule is CC(N)CCCC(=O)NCC1(C(=O)O)CCCC1. The first kappa shape index (κ1) is 15.0. The van der Waals surface area contributed by atoms with Crippen LogP contribution in [0.1, 0.15) is 51.9 Å². The molecule has 0 radical (unpaired) electrons. The maximum Gasteiger partial charge on any atom is 0.311 e. The van der Waals surface area contributed by atoms with Crippen molar-refractivity contribution in [2.24, 2.45) is 11.1 Å². The molecule has 1 aliphatic rings. The normalized spacial score (nSPS) is 19.4. The van der Waals surface area contributed by atoms with E-state index < -0.39 is 11.4 Å². The number of carboxylic acid groups (broad SMARTS) is 1. The van der Waals surface area contributed by atoms with E-state index in [4.69, 9.17) is 5.73 Å². The number of nitrogens with one attached hydrogen (secondary N) is 1. The highest BCUT2D eigenvalue weighted by Crippen LogP contribution is 2.37. The van der Waals surface area contributed by atoms with Crippen molar-refractivity contribution in [3.05, 3.63) is 0 Å². The molecule has 18 heavy (non-hydrogen) atoms. The Labute approximate surface area is 108 Å². The number of nitrogens with two attached hydrogens (primary N) is 1. The zero-order chi connectivity index (χ0) is 13.6. The molecular weight excluding hydrogens is 232 g/mol. The molecule has 0 bridgehead atoms. The van der Waals surface area contributed by atoms with Gasteiger partial charge in [0.15, 0.2) is 0 Å². The van der Waals surface area contributed by atoms with Crippen molar-refractivity contribution in [1.82, 2.24) is 5.32 Å². The van der Waals surface area contributed by atoms with Gasteiger partial charge < -0.3 is 16.2 Å². The van der Waals surface area contributed by atoms with E-state index in [0.29, 0.717) is 19.3 Å². The molecule has 1 saturated carbocycles. The molecule has 104 valence electrons. The topological polar surface area (TPSA) is 92.4 Å². The van der Waals surface area contributed by atoms with E-state index in [9.17, 15) is 14.7 Å². The third-order valence-corrected chi connectivity index (χ3v) is 3.70. The molecule has 1 rings (SSSR count). The molecule has 0 aromatic heterocycles. The van der Waals surface area contributed by atoms with Crippen molar-refractivity contribution in [2.75, 3.05) is 6.54 Å². The summed E-state index contributed by atoms with van der Waals surface area (Å²) in [6, 6.07) is 0.109. The van der Waals surface area contributed by atoms with Gasteiger partial charge in [0.05, 0.1) is 5.41 Å². The number of rotatable bonds is 7. The van der Waals surface area contributed by atoms with Crippen LogP contribution in [0.2, 0.25) is 0 Å². The fourth-order valence-corrected chi connectivity index (χ4v) is 2.46. The van der Waals surface area contributed by atoms with Crippen LogP contribution in [0, 0.1) is 5.41 Å². The maximum atomic E-state index is 11.6. The number of aliphatic carboxylic acids is 1. The highest BCUT2D eigenvalue weighted by atomic mass is 16.4. The van der Waals surface area contributed by atoms with Gasteiger partial charge in [-0.1, -0.05) is 12.8 Å². The van der Waals surface area contributed by atoms with E-state index >= 15 is 0 Å². The Morgan fingerprint density at radius 2 is 2.00 bits per heavy atom. The van der Waals surface area contributed by atoms with Gasteiger partial charge in [0.25, 0.3) is 0 Å². The van der Waals surface area contributed by atoms with Gasteiger partial charge in [0.1, 0.15) is 0 Å². The lowest BCUT2D eigenvalue weighted by Crippen LogP contribution is -2.41. The molecule has 4 N–H and O–H groups in total. The van der Waals surface area contributed by atoms with Crippen LogP contribution in [0.3, 0.4) is 0 Å². The summed E-state index contributed by atoms with van der Waals surface area (Å²) < 4.78 is 0. The molecule has 1 unspecified atom stereocenters. The maximum absolute atomic E-state index is 11.6. The number of carbonyl (C=O) groups is 2. The Bertz CT molecular complexity index is 297. The van der Waals surface area contributed by atoms with Gasteiger partial charge in [0.2, 0.25) is 5.91 Å². The van der Waals surface area contributed by atoms with Crippen LogP contribution in [-0.4, -0.2) is 29.6 Å². The lowest BCUT2D eigenvalue weighted by molar-refractivity contribution is -0.148. The Kier molecular flexibility index (Phi) is 5.59. The van der Waals surface area contributed by atoms with Crippen LogP contribution < -0.4 is 11.1 Å². The van der Waals surface area contributed by atoms with Crippen LogP contribution in [0.4, 0.5) is 0 Å². The molecule has 0 heterocycles. The molecular formula is C13H24N2O3. The average Bonchev–Trinajstić information content (AvgIpc) is 2.75. The second kappa shape index (κ2) is 6.73. The third kappa shape index (κ3) is 4.29. The smallest absolute Gasteiger partial charge is 0.311 e. The van der Waals surface area contributed by atoms with E-state index in [1.807, 2.05) is 6.92 Å².